The Morgan fingerprint density at radius 1 is 1.88 bits per heavy atom. The summed E-state index contributed by atoms with van der Waals surface area (Å²) >= 11 is 5.36. The molecular formula is C5H10ClNO. The average Bonchev–Trinajstić information content (AvgIpc) is 1.84. The fourth-order valence-corrected chi connectivity index (χ4v) is 0.457. The fraction of sp³-hybridized carbons (Fsp3) is 0.800. The molecule has 0 aromatic rings. The molecule has 0 aliphatic carbocycles. The zero-order valence-corrected chi connectivity index (χ0v) is 5.83. The molecule has 0 saturated heterocycles. The first kappa shape index (κ1) is 7.76. The van der Waals surface area contributed by atoms with E-state index in [1.165, 1.54) is 0 Å². The SMILES string of the molecule is CNC(=O)C(C)CCl. The highest BCUT2D eigenvalue weighted by Gasteiger charge is 2.06. The van der Waals surface area contributed by atoms with Gasteiger partial charge < -0.3 is 5.32 Å². The molecule has 3 heteroatoms. The zero-order valence-electron chi connectivity index (χ0n) is 5.07. The molecule has 2 nitrogen and oxygen atoms in total. The minimum Gasteiger partial charge on any atom is -0.359 e. The maximum atomic E-state index is 10.5. The van der Waals surface area contributed by atoms with Gasteiger partial charge in [0, 0.05) is 18.8 Å². The van der Waals surface area contributed by atoms with Crippen LogP contribution in [0.1, 0.15) is 6.92 Å². The van der Waals surface area contributed by atoms with Crippen molar-refractivity contribution >= 4 is 17.5 Å². The molecule has 48 valence electrons. The maximum absolute atomic E-state index is 10.5. The Morgan fingerprint density at radius 2 is 2.38 bits per heavy atom. The van der Waals surface area contributed by atoms with E-state index in [-0.39, 0.29) is 11.8 Å². The van der Waals surface area contributed by atoms with E-state index in [1.54, 1.807) is 14.0 Å². The Labute approximate surface area is 54.2 Å². The molecule has 1 unspecified atom stereocenters. The predicted molar refractivity (Wildman–Crippen MR) is 34.0 cm³/mol. The number of carbonyl (C=O) groups excluding carboxylic acids is 1. The van der Waals surface area contributed by atoms with E-state index in [1.807, 2.05) is 0 Å². The molecule has 0 spiro atoms. The van der Waals surface area contributed by atoms with Gasteiger partial charge >= 0.3 is 0 Å². The minimum atomic E-state index is -0.0679. The van der Waals surface area contributed by atoms with Crippen LogP contribution in [0.15, 0.2) is 0 Å². The van der Waals surface area contributed by atoms with Crippen molar-refractivity contribution in [3.8, 4) is 0 Å². The molecule has 8 heavy (non-hydrogen) atoms. The van der Waals surface area contributed by atoms with Crippen molar-refractivity contribution in [2.75, 3.05) is 12.9 Å². The molecule has 0 heterocycles. The van der Waals surface area contributed by atoms with Gasteiger partial charge in [0.25, 0.3) is 0 Å². The van der Waals surface area contributed by atoms with Gasteiger partial charge in [-0.05, 0) is 0 Å². The van der Waals surface area contributed by atoms with Gasteiger partial charge in [-0.25, -0.2) is 0 Å². The van der Waals surface area contributed by atoms with Gasteiger partial charge in [-0.3, -0.25) is 4.79 Å². The summed E-state index contributed by atoms with van der Waals surface area (Å²) in [7, 11) is 1.60. The molecule has 0 rings (SSSR count). The number of nitrogens with one attached hydrogen (secondary N) is 1. The second-order valence-corrected chi connectivity index (χ2v) is 1.98. The van der Waals surface area contributed by atoms with E-state index < -0.39 is 0 Å². The van der Waals surface area contributed by atoms with Crippen LogP contribution in [-0.2, 0) is 4.79 Å². The van der Waals surface area contributed by atoms with Crippen LogP contribution in [0.25, 0.3) is 0 Å². The first-order chi connectivity index (χ1) is 3.72. The van der Waals surface area contributed by atoms with Crippen LogP contribution in [0.2, 0.25) is 0 Å². The largest absolute Gasteiger partial charge is 0.359 e. The second kappa shape index (κ2) is 3.72. The number of carbonyl (C=O) groups is 1. The number of hydrogen-bond acceptors (Lipinski definition) is 1. The lowest BCUT2D eigenvalue weighted by Gasteiger charge is -2.02. The summed E-state index contributed by atoms with van der Waals surface area (Å²) in [5.74, 6) is 0.321. The smallest absolute Gasteiger partial charge is 0.223 e. The third kappa shape index (κ3) is 2.17. The van der Waals surface area contributed by atoms with E-state index in [4.69, 9.17) is 11.6 Å². The fourth-order valence-electron chi connectivity index (χ4n) is 0.316. The van der Waals surface area contributed by atoms with Crippen LogP contribution in [-0.4, -0.2) is 18.8 Å². The third-order valence-corrected chi connectivity index (χ3v) is 1.39. The molecule has 0 bridgehead atoms. The first-order valence-corrected chi connectivity index (χ1v) is 3.03. The van der Waals surface area contributed by atoms with Crippen molar-refractivity contribution in [1.29, 1.82) is 0 Å². The summed E-state index contributed by atoms with van der Waals surface area (Å²) in [6.45, 7) is 1.78. The maximum Gasteiger partial charge on any atom is 0.223 e. The molecule has 0 aromatic heterocycles. The van der Waals surface area contributed by atoms with Crippen LogP contribution in [0.4, 0.5) is 0 Å². The van der Waals surface area contributed by atoms with Crippen LogP contribution in [0, 0.1) is 5.92 Å². The van der Waals surface area contributed by atoms with Crippen molar-refractivity contribution in [2.24, 2.45) is 5.92 Å². The summed E-state index contributed by atoms with van der Waals surface area (Å²) in [5, 5.41) is 2.49. The number of hydrogen-bond donors (Lipinski definition) is 1. The Balaban J connectivity index is 3.46. The van der Waals surface area contributed by atoms with Crippen LogP contribution < -0.4 is 5.32 Å². The number of rotatable bonds is 2. The lowest BCUT2D eigenvalue weighted by atomic mass is 10.2. The standard InChI is InChI=1S/C5H10ClNO/c1-4(3-6)5(8)7-2/h4H,3H2,1-2H3,(H,7,8). The Morgan fingerprint density at radius 3 is 2.50 bits per heavy atom. The molecule has 0 radical (unpaired) electrons. The highest BCUT2D eigenvalue weighted by molar-refractivity contribution is 6.19. The Hall–Kier alpha value is -0.240. The van der Waals surface area contributed by atoms with Crippen molar-refractivity contribution in [1.82, 2.24) is 5.32 Å². The summed E-state index contributed by atoms with van der Waals surface area (Å²) < 4.78 is 0. The summed E-state index contributed by atoms with van der Waals surface area (Å²) in [5.41, 5.74) is 0. The molecule has 1 N–H and O–H groups in total. The van der Waals surface area contributed by atoms with Gasteiger partial charge in [-0.1, -0.05) is 6.92 Å². The number of alkyl halides is 1. The molecule has 0 aromatic carbocycles. The Kier molecular flexibility index (Phi) is 3.61. The Bertz CT molecular complexity index is 84.5. The van der Waals surface area contributed by atoms with Gasteiger partial charge in [-0.2, -0.15) is 0 Å². The lowest BCUT2D eigenvalue weighted by Crippen LogP contribution is -2.26. The van der Waals surface area contributed by atoms with Crippen LogP contribution in [0.5, 0.6) is 0 Å². The van der Waals surface area contributed by atoms with Crippen molar-refractivity contribution in [3.63, 3.8) is 0 Å². The van der Waals surface area contributed by atoms with E-state index in [0.717, 1.165) is 0 Å². The van der Waals surface area contributed by atoms with Gasteiger partial charge in [0.05, 0.1) is 0 Å². The summed E-state index contributed by atoms with van der Waals surface area (Å²) in [6.07, 6.45) is 0. The number of amides is 1. The van der Waals surface area contributed by atoms with Crippen molar-refractivity contribution in [3.05, 3.63) is 0 Å². The lowest BCUT2D eigenvalue weighted by molar-refractivity contribution is -0.123. The third-order valence-electron chi connectivity index (χ3n) is 0.925. The van der Waals surface area contributed by atoms with E-state index >= 15 is 0 Å². The molecule has 0 fully saturated rings. The second-order valence-electron chi connectivity index (χ2n) is 1.67. The first-order valence-electron chi connectivity index (χ1n) is 2.50. The molecule has 0 saturated carbocycles. The molecule has 1 amide bonds. The highest BCUT2D eigenvalue weighted by Crippen LogP contribution is 1.95. The molecule has 0 aliphatic rings. The van der Waals surface area contributed by atoms with Crippen LogP contribution >= 0.6 is 11.6 Å². The van der Waals surface area contributed by atoms with Crippen molar-refractivity contribution in [2.45, 2.75) is 6.92 Å². The van der Waals surface area contributed by atoms with E-state index in [9.17, 15) is 4.79 Å². The van der Waals surface area contributed by atoms with Gasteiger partial charge in [0.1, 0.15) is 0 Å². The highest BCUT2D eigenvalue weighted by atomic mass is 35.5. The molecule has 0 aliphatic heterocycles. The van der Waals surface area contributed by atoms with Crippen molar-refractivity contribution < 1.29 is 4.79 Å². The molecular weight excluding hydrogens is 126 g/mol. The topological polar surface area (TPSA) is 29.1 Å². The van der Waals surface area contributed by atoms with Crippen LogP contribution in [0.3, 0.4) is 0 Å². The minimum absolute atomic E-state index is 0.000000000000000444. The normalized spacial score (nSPS) is 12.9. The molecule has 1 atom stereocenters. The number of halogens is 1. The monoisotopic (exact) mass is 135 g/mol. The quantitative estimate of drug-likeness (QED) is 0.553. The zero-order chi connectivity index (χ0) is 6.57. The average molecular weight is 136 g/mol. The van der Waals surface area contributed by atoms with Gasteiger partial charge in [0.2, 0.25) is 5.91 Å². The summed E-state index contributed by atoms with van der Waals surface area (Å²) in [4.78, 5) is 10.5. The summed E-state index contributed by atoms with van der Waals surface area (Å²) in [6, 6.07) is 0. The van der Waals surface area contributed by atoms with E-state index in [2.05, 4.69) is 5.32 Å². The predicted octanol–water partition coefficient (Wildman–Crippen LogP) is 0.607. The van der Waals surface area contributed by atoms with Gasteiger partial charge in [0.15, 0.2) is 0 Å². The van der Waals surface area contributed by atoms with Gasteiger partial charge in [-0.15, -0.1) is 11.6 Å². The van der Waals surface area contributed by atoms with E-state index in [0.29, 0.717) is 5.88 Å².